The molecule has 2 rings (SSSR count). The Bertz CT molecular complexity index is 538. The van der Waals surface area contributed by atoms with Crippen molar-refractivity contribution in [2.24, 2.45) is 0 Å². The van der Waals surface area contributed by atoms with Crippen molar-refractivity contribution in [1.29, 1.82) is 0 Å². The summed E-state index contributed by atoms with van der Waals surface area (Å²) in [6.45, 7) is 2.91. The third kappa shape index (κ3) is 2.61. The summed E-state index contributed by atoms with van der Waals surface area (Å²) in [7, 11) is -1.82. The third-order valence-corrected chi connectivity index (χ3v) is 5.78. The summed E-state index contributed by atoms with van der Waals surface area (Å²) in [5.41, 5.74) is 0.746. The highest BCUT2D eigenvalue weighted by molar-refractivity contribution is 9.10. The van der Waals surface area contributed by atoms with Crippen molar-refractivity contribution < 1.29 is 13.2 Å². The molecule has 1 aromatic carbocycles. The van der Waals surface area contributed by atoms with Gasteiger partial charge in [-0.3, -0.25) is 0 Å². The van der Waals surface area contributed by atoms with Crippen LogP contribution in [0.5, 0.6) is 0 Å². The van der Waals surface area contributed by atoms with Crippen LogP contribution in [0, 0.1) is 6.92 Å². The van der Waals surface area contributed by atoms with Gasteiger partial charge in [-0.25, -0.2) is 8.42 Å². The van der Waals surface area contributed by atoms with E-state index < -0.39 is 10.0 Å². The van der Waals surface area contributed by atoms with Crippen LogP contribution in [-0.4, -0.2) is 39.0 Å². The molecule has 1 heterocycles. The van der Waals surface area contributed by atoms with E-state index in [1.807, 2.05) is 6.07 Å². The second-order valence-electron chi connectivity index (χ2n) is 4.45. The van der Waals surface area contributed by atoms with Gasteiger partial charge in [-0.2, -0.15) is 4.31 Å². The van der Waals surface area contributed by atoms with Crippen LogP contribution in [0.2, 0.25) is 0 Å². The van der Waals surface area contributed by atoms with Crippen LogP contribution < -0.4 is 0 Å². The van der Waals surface area contributed by atoms with Gasteiger partial charge in [0.15, 0.2) is 0 Å². The molecular formula is C12H16BrNO3S. The van der Waals surface area contributed by atoms with E-state index in [1.165, 1.54) is 4.31 Å². The minimum Gasteiger partial charge on any atom is -0.380 e. The Balaban J connectivity index is 2.35. The highest BCUT2D eigenvalue weighted by Crippen LogP contribution is 2.25. The van der Waals surface area contributed by atoms with Gasteiger partial charge < -0.3 is 4.74 Å². The maximum Gasteiger partial charge on any atom is 0.243 e. The van der Waals surface area contributed by atoms with Gasteiger partial charge in [-0.1, -0.05) is 15.9 Å². The van der Waals surface area contributed by atoms with Gasteiger partial charge in [0.2, 0.25) is 10.0 Å². The van der Waals surface area contributed by atoms with E-state index in [0.29, 0.717) is 18.1 Å². The minimum atomic E-state index is -3.44. The summed E-state index contributed by atoms with van der Waals surface area (Å²) in [6.07, 6.45) is 0.755. The standard InChI is InChI=1S/C12H16BrNO3S/c1-9-7-10(13)3-4-12(9)18(15,16)14(2)11-5-6-17-8-11/h3-4,7,11H,5-6,8H2,1-2H3/t11-/m1/s1. The molecule has 0 aromatic heterocycles. The lowest BCUT2D eigenvalue weighted by Gasteiger charge is -2.23. The number of ether oxygens (including phenoxy) is 1. The second-order valence-corrected chi connectivity index (χ2v) is 7.33. The summed E-state index contributed by atoms with van der Waals surface area (Å²) in [5.74, 6) is 0. The first-order valence-corrected chi connectivity index (χ1v) is 7.98. The summed E-state index contributed by atoms with van der Waals surface area (Å²) in [4.78, 5) is 0.361. The summed E-state index contributed by atoms with van der Waals surface area (Å²) < 4.78 is 32.6. The highest BCUT2D eigenvalue weighted by Gasteiger charge is 2.31. The van der Waals surface area contributed by atoms with Gasteiger partial charge in [0.1, 0.15) is 0 Å². The molecule has 0 radical (unpaired) electrons. The molecule has 0 N–H and O–H groups in total. The molecule has 0 unspecified atom stereocenters. The fourth-order valence-corrected chi connectivity index (χ4v) is 4.11. The molecule has 0 amide bonds. The number of hydrogen-bond donors (Lipinski definition) is 0. The highest BCUT2D eigenvalue weighted by atomic mass is 79.9. The topological polar surface area (TPSA) is 46.6 Å². The molecule has 18 heavy (non-hydrogen) atoms. The Morgan fingerprint density at radius 3 is 2.72 bits per heavy atom. The number of nitrogens with zero attached hydrogens (tertiary/aromatic N) is 1. The van der Waals surface area contributed by atoms with Crippen molar-refractivity contribution >= 4 is 26.0 Å². The second kappa shape index (κ2) is 5.28. The number of halogens is 1. The molecule has 0 aliphatic carbocycles. The van der Waals surface area contributed by atoms with Crippen molar-refractivity contribution in [3.05, 3.63) is 28.2 Å². The Morgan fingerprint density at radius 2 is 2.17 bits per heavy atom. The number of rotatable bonds is 3. The maximum atomic E-state index is 12.5. The van der Waals surface area contributed by atoms with Crippen LogP contribution in [0.4, 0.5) is 0 Å². The third-order valence-electron chi connectivity index (χ3n) is 3.21. The van der Waals surface area contributed by atoms with E-state index in [9.17, 15) is 8.42 Å². The lowest BCUT2D eigenvalue weighted by molar-refractivity contribution is 0.181. The van der Waals surface area contributed by atoms with Crippen LogP contribution in [0.25, 0.3) is 0 Å². The predicted octanol–water partition coefficient (Wildman–Crippen LogP) is 2.17. The molecule has 1 atom stereocenters. The summed E-state index contributed by atoms with van der Waals surface area (Å²) >= 11 is 3.34. The largest absolute Gasteiger partial charge is 0.380 e. The first-order chi connectivity index (χ1) is 8.43. The Kier molecular flexibility index (Phi) is 4.11. The summed E-state index contributed by atoms with van der Waals surface area (Å²) in [5, 5.41) is 0. The molecule has 0 spiro atoms. The number of likely N-dealkylation sites (N-methyl/N-ethyl adjacent to an activating group) is 1. The molecule has 1 aromatic rings. The summed E-state index contributed by atoms with van der Waals surface area (Å²) in [6, 6.07) is 5.14. The normalized spacial score (nSPS) is 20.6. The van der Waals surface area contributed by atoms with E-state index in [-0.39, 0.29) is 6.04 Å². The molecule has 1 fully saturated rings. The fourth-order valence-electron chi connectivity index (χ4n) is 2.06. The molecule has 6 heteroatoms. The minimum absolute atomic E-state index is 0.0574. The lowest BCUT2D eigenvalue weighted by atomic mass is 10.2. The van der Waals surface area contributed by atoms with E-state index in [1.54, 1.807) is 26.1 Å². The Labute approximate surface area is 116 Å². The first kappa shape index (κ1) is 14.0. The van der Waals surface area contributed by atoms with Gasteiger partial charge >= 0.3 is 0 Å². The molecule has 1 aliphatic heterocycles. The van der Waals surface area contributed by atoms with Crippen molar-refractivity contribution in [3.8, 4) is 0 Å². The SMILES string of the molecule is Cc1cc(Br)ccc1S(=O)(=O)N(C)[C@@H]1CCOC1. The Hall–Kier alpha value is -0.430. The van der Waals surface area contributed by atoms with E-state index in [0.717, 1.165) is 16.5 Å². The quantitative estimate of drug-likeness (QED) is 0.851. The van der Waals surface area contributed by atoms with E-state index in [2.05, 4.69) is 15.9 Å². The lowest BCUT2D eigenvalue weighted by Crippen LogP contribution is -2.37. The average molecular weight is 334 g/mol. The van der Waals surface area contributed by atoms with Gasteiger partial charge in [-0.05, 0) is 37.1 Å². The average Bonchev–Trinajstić information content (AvgIpc) is 2.80. The van der Waals surface area contributed by atoms with Crippen LogP contribution >= 0.6 is 15.9 Å². The molecular weight excluding hydrogens is 318 g/mol. The van der Waals surface area contributed by atoms with Crippen molar-refractivity contribution in [3.63, 3.8) is 0 Å². The zero-order chi connectivity index (χ0) is 13.3. The molecule has 0 bridgehead atoms. The fraction of sp³-hybridized carbons (Fsp3) is 0.500. The van der Waals surface area contributed by atoms with Crippen LogP contribution in [0.1, 0.15) is 12.0 Å². The van der Waals surface area contributed by atoms with Gasteiger partial charge in [-0.15, -0.1) is 0 Å². The van der Waals surface area contributed by atoms with Gasteiger partial charge in [0.25, 0.3) is 0 Å². The van der Waals surface area contributed by atoms with Gasteiger partial charge in [0, 0.05) is 18.1 Å². The molecule has 4 nitrogen and oxygen atoms in total. The first-order valence-electron chi connectivity index (χ1n) is 5.75. The Morgan fingerprint density at radius 1 is 1.44 bits per heavy atom. The van der Waals surface area contributed by atoms with E-state index >= 15 is 0 Å². The molecule has 1 saturated heterocycles. The predicted molar refractivity (Wildman–Crippen MR) is 73.1 cm³/mol. The molecule has 0 saturated carbocycles. The number of hydrogen-bond acceptors (Lipinski definition) is 3. The molecule has 1 aliphatic rings. The zero-order valence-corrected chi connectivity index (χ0v) is 12.8. The van der Waals surface area contributed by atoms with Crippen molar-refractivity contribution in [2.45, 2.75) is 24.3 Å². The van der Waals surface area contributed by atoms with Gasteiger partial charge in [0.05, 0.1) is 17.5 Å². The van der Waals surface area contributed by atoms with Crippen LogP contribution in [0.15, 0.2) is 27.6 Å². The molecule has 100 valence electrons. The van der Waals surface area contributed by atoms with Crippen LogP contribution in [-0.2, 0) is 14.8 Å². The van der Waals surface area contributed by atoms with Crippen LogP contribution in [0.3, 0.4) is 0 Å². The number of sulfonamides is 1. The number of benzene rings is 1. The number of aryl methyl sites for hydroxylation is 1. The van der Waals surface area contributed by atoms with E-state index in [4.69, 9.17) is 4.74 Å². The monoisotopic (exact) mass is 333 g/mol. The maximum absolute atomic E-state index is 12.5. The smallest absolute Gasteiger partial charge is 0.243 e. The zero-order valence-electron chi connectivity index (χ0n) is 10.4. The van der Waals surface area contributed by atoms with Crippen molar-refractivity contribution in [2.75, 3.05) is 20.3 Å². The van der Waals surface area contributed by atoms with Crippen molar-refractivity contribution in [1.82, 2.24) is 4.31 Å².